The van der Waals surface area contributed by atoms with Crippen molar-refractivity contribution in [1.29, 1.82) is 0 Å². The van der Waals surface area contributed by atoms with Crippen molar-refractivity contribution in [3.63, 3.8) is 0 Å². The van der Waals surface area contributed by atoms with Gasteiger partial charge in [-0.2, -0.15) is 0 Å². The summed E-state index contributed by atoms with van der Waals surface area (Å²) in [4.78, 5) is 23.6. The number of ether oxygens (including phenoxy) is 1. The van der Waals surface area contributed by atoms with E-state index in [1.165, 1.54) is 6.92 Å². The van der Waals surface area contributed by atoms with Crippen LogP contribution in [0.15, 0.2) is 41.3 Å². The van der Waals surface area contributed by atoms with Gasteiger partial charge in [-0.05, 0) is 62.4 Å². The number of carboxylic acids is 1. The van der Waals surface area contributed by atoms with Crippen LogP contribution in [0.1, 0.15) is 61.0 Å². The molecule has 0 radical (unpaired) electrons. The van der Waals surface area contributed by atoms with Crippen LogP contribution in [0.3, 0.4) is 0 Å². The molecule has 7 heteroatoms. The smallest absolute Gasteiger partial charge is 0.307 e. The van der Waals surface area contributed by atoms with Crippen molar-refractivity contribution in [2.24, 2.45) is 0 Å². The van der Waals surface area contributed by atoms with Crippen molar-refractivity contribution in [3.05, 3.63) is 53.1 Å². The molecule has 1 saturated carbocycles. The highest BCUT2D eigenvalue weighted by Crippen LogP contribution is 2.38. The van der Waals surface area contributed by atoms with Gasteiger partial charge in [-0.25, -0.2) is 0 Å². The van der Waals surface area contributed by atoms with E-state index in [1.54, 1.807) is 36.0 Å². The molecule has 1 aliphatic rings. The van der Waals surface area contributed by atoms with E-state index in [9.17, 15) is 19.8 Å². The normalized spacial score (nSPS) is 20.7. The monoisotopic (exact) mass is 458 g/mol. The quantitative estimate of drug-likeness (QED) is 0.471. The van der Waals surface area contributed by atoms with E-state index in [1.807, 2.05) is 19.1 Å². The Bertz CT molecular complexity index is 956. The molecule has 6 nitrogen and oxygen atoms in total. The number of phenols is 1. The van der Waals surface area contributed by atoms with Crippen molar-refractivity contribution in [2.75, 3.05) is 0 Å². The molecular weight excluding hydrogens is 428 g/mol. The van der Waals surface area contributed by atoms with E-state index >= 15 is 0 Å². The molecule has 0 spiro atoms. The fourth-order valence-corrected chi connectivity index (χ4v) is 5.30. The zero-order valence-electron chi connectivity index (χ0n) is 18.4. The Kier molecular flexibility index (Phi) is 8.21. The Morgan fingerprint density at radius 3 is 2.47 bits per heavy atom. The molecule has 3 unspecified atom stereocenters. The summed E-state index contributed by atoms with van der Waals surface area (Å²) in [5.41, 5.74) is 1.63. The topological polar surface area (TPSA) is 104 Å². The first-order valence-corrected chi connectivity index (χ1v) is 11.9. The standard InChI is InChI=1S/C25H30O6S/c1-3-5-19-20(13-12-18(15(2)26)24(19)29)31-21-6-4-7-22(25(21)30)32-17-10-8-16(9-11-17)14-23(27)28/h8-13,21-22,25,29-30H,3-7,14H2,1-2H3,(H,27,28). The molecule has 0 saturated heterocycles. The van der Waals surface area contributed by atoms with Crippen LogP contribution in [0.25, 0.3) is 0 Å². The summed E-state index contributed by atoms with van der Waals surface area (Å²) in [6, 6.07) is 10.7. The van der Waals surface area contributed by atoms with Crippen molar-refractivity contribution in [3.8, 4) is 11.5 Å². The number of ketones is 1. The number of phenolic OH excluding ortho intramolecular Hbond substituents is 1. The number of aliphatic carboxylic acids is 1. The second-order valence-electron chi connectivity index (χ2n) is 8.19. The lowest BCUT2D eigenvalue weighted by molar-refractivity contribution is -0.136. The van der Waals surface area contributed by atoms with E-state index < -0.39 is 18.2 Å². The van der Waals surface area contributed by atoms with Gasteiger partial charge in [-0.1, -0.05) is 25.5 Å². The maximum absolute atomic E-state index is 11.8. The summed E-state index contributed by atoms with van der Waals surface area (Å²) in [5, 5.41) is 30.5. The van der Waals surface area contributed by atoms with Gasteiger partial charge in [0.25, 0.3) is 0 Å². The predicted molar refractivity (Wildman–Crippen MR) is 124 cm³/mol. The minimum absolute atomic E-state index is 0.0116. The van der Waals surface area contributed by atoms with E-state index in [4.69, 9.17) is 9.84 Å². The first-order valence-electron chi connectivity index (χ1n) is 11.0. The van der Waals surface area contributed by atoms with Crippen LogP contribution < -0.4 is 4.74 Å². The fraction of sp³-hybridized carbons (Fsp3) is 0.440. The molecule has 0 aromatic heterocycles. The van der Waals surface area contributed by atoms with E-state index in [0.29, 0.717) is 24.2 Å². The number of benzene rings is 2. The van der Waals surface area contributed by atoms with Gasteiger partial charge in [0.15, 0.2) is 5.78 Å². The lowest BCUT2D eigenvalue weighted by Crippen LogP contribution is -2.43. The van der Waals surface area contributed by atoms with Gasteiger partial charge >= 0.3 is 5.97 Å². The molecule has 3 atom stereocenters. The molecule has 32 heavy (non-hydrogen) atoms. The molecule has 172 valence electrons. The summed E-state index contributed by atoms with van der Waals surface area (Å²) in [7, 11) is 0. The Morgan fingerprint density at radius 2 is 1.84 bits per heavy atom. The van der Waals surface area contributed by atoms with Crippen LogP contribution in [0, 0.1) is 0 Å². The summed E-state index contributed by atoms with van der Waals surface area (Å²) in [6.45, 7) is 3.42. The maximum Gasteiger partial charge on any atom is 0.307 e. The largest absolute Gasteiger partial charge is 0.507 e. The number of rotatable bonds is 9. The van der Waals surface area contributed by atoms with Crippen LogP contribution >= 0.6 is 11.8 Å². The number of carboxylic acid groups (broad SMARTS) is 1. The number of Topliss-reactive ketones (excluding diaryl/α,β-unsaturated/α-hetero) is 1. The predicted octanol–water partition coefficient (Wildman–Crippen LogP) is 4.63. The molecular formula is C25H30O6S. The minimum Gasteiger partial charge on any atom is -0.507 e. The van der Waals surface area contributed by atoms with Crippen LogP contribution in [0.4, 0.5) is 0 Å². The van der Waals surface area contributed by atoms with Crippen LogP contribution in [-0.2, 0) is 17.6 Å². The highest BCUT2D eigenvalue weighted by Gasteiger charge is 2.34. The lowest BCUT2D eigenvalue weighted by atomic mass is 9.93. The molecule has 2 aromatic rings. The number of hydrogen-bond acceptors (Lipinski definition) is 6. The van der Waals surface area contributed by atoms with Gasteiger partial charge in [0.05, 0.1) is 12.0 Å². The summed E-state index contributed by atoms with van der Waals surface area (Å²) in [5.74, 6) is -0.579. The van der Waals surface area contributed by atoms with E-state index in [-0.39, 0.29) is 28.8 Å². The number of carbonyl (C=O) groups excluding carboxylic acids is 1. The third-order valence-corrected chi connectivity index (χ3v) is 7.06. The summed E-state index contributed by atoms with van der Waals surface area (Å²) < 4.78 is 6.20. The number of carbonyl (C=O) groups is 2. The van der Waals surface area contributed by atoms with E-state index in [0.717, 1.165) is 29.7 Å². The number of aliphatic hydroxyl groups is 1. The summed E-state index contributed by atoms with van der Waals surface area (Å²) >= 11 is 1.57. The average molecular weight is 459 g/mol. The van der Waals surface area contributed by atoms with Crippen LogP contribution in [0.2, 0.25) is 0 Å². The number of aromatic hydroxyl groups is 1. The highest BCUT2D eigenvalue weighted by atomic mass is 32.2. The lowest BCUT2D eigenvalue weighted by Gasteiger charge is -2.35. The summed E-state index contributed by atoms with van der Waals surface area (Å²) in [6.07, 6.45) is 2.69. The Labute approximate surface area is 192 Å². The first-order chi connectivity index (χ1) is 15.3. The van der Waals surface area contributed by atoms with Gasteiger partial charge in [0.1, 0.15) is 23.7 Å². The van der Waals surface area contributed by atoms with Crippen LogP contribution in [0.5, 0.6) is 11.5 Å². The van der Waals surface area contributed by atoms with Gasteiger partial charge in [-0.15, -0.1) is 11.8 Å². The third kappa shape index (κ3) is 5.84. The highest BCUT2D eigenvalue weighted by molar-refractivity contribution is 8.00. The molecule has 0 amide bonds. The number of aliphatic hydroxyl groups excluding tert-OH is 1. The number of thioether (sulfide) groups is 1. The zero-order chi connectivity index (χ0) is 23.3. The van der Waals surface area contributed by atoms with Gasteiger partial charge in [0, 0.05) is 15.7 Å². The molecule has 0 heterocycles. The van der Waals surface area contributed by atoms with Crippen molar-refractivity contribution >= 4 is 23.5 Å². The Balaban J connectivity index is 1.72. The molecule has 3 N–H and O–H groups in total. The molecule has 0 bridgehead atoms. The molecule has 0 aliphatic heterocycles. The fourth-order valence-electron chi connectivity index (χ4n) is 4.06. The molecule has 2 aromatic carbocycles. The molecule has 3 rings (SSSR count). The molecule has 1 fully saturated rings. The van der Waals surface area contributed by atoms with Gasteiger partial charge in [0.2, 0.25) is 0 Å². The number of hydrogen-bond donors (Lipinski definition) is 3. The zero-order valence-corrected chi connectivity index (χ0v) is 19.2. The minimum atomic E-state index is -0.863. The second-order valence-corrected chi connectivity index (χ2v) is 9.51. The van der Waals surface area contributed by atoms with Crippen molar-refractivity contribution < 1.29 is 29.6 Å². The Morgan fingerprint density at radius 1 is 1.12 bits per heavy atom. The van der Waals surface area contributed by atoms with Gasteiger partial charge < -0.3 is 20.1 Å². The average Bonchev–Trinajstić information content (AvgIpc) is 2.74. The second kappa shape index (κ2) is 10.9. The van der Waals surface area contributed by atoms with Crippen molar-refractivity contribution in [1.82, 2.24) is 0 Å². The van der Waals surface area contributed by atoms with Crippen molar-refractivity contribution in [2.45, 2.75) is 74.7 Å². The Hall–Kier alpha value is -2.51. The third-order valence-electron chi connectivity index (χ3n) is 5.70. The maximum atomic E-state index is 11.8. The van der Waals surface area contributed by atoms with Gasteiger partial charge in [-0.3, -0.25) is 9.59 Å². The first kappa shape index (κ1) is 24.1. The SMILES string of the molecule is CCCc1c(OC2CCCC(Sc3ccc(CC(=O)O)cc3)C2O)ccc(C(C)=O)c1O. The van der Waals surface area contributed by atoms with Crippen LogP contribution in [-0.4, -0.2) is 44.5 Å². The molecule has 1 aliphatic carbocycles. The van der Waals surface area contributed by atoms with E-state index in [2.05, 4.69) is 0 Å².